The van der Waals surface area contributed by atoms with Gasteiger partial charge in [0.15, 0.2) is 5.13 Å². The molecule has 1 heterocycles. The molecule has 0 saturated heterocycles. The van der Waals surface area contributed by atoms with Crippen LogP contribution in [-0.4, -0.2) is 23.2 Å². The van der Waals surface area contributed by atoms with Gasteiger partial charge in [-0.1, -0.05) is 11.3 Å². The number of thiazole rings is 1. The molecule has 1 N–H and O–H groups in total. The third kappa shape index (κ3) is 1.76. The van der Waals surface area contributed by atoms with Crippen LogP contribution >= 0.6 is 27.3 Å². The zero-order chi connectivity index (χ0) is 11.9. The molecular formula is C9H6BrFN2O2S. The van der Waals surface area contributed by atoms with Crippen molar-refractivity contribution in [3.05, 3.63) is 22.4 Å². The van der Waals surface area contributed by atoms with Gasteiger partial charge in [-0.05, 0) is 28.1 Å². The van der Waals surface area contributed by atoms with E-state index in [9.17, 15) is 9.18 Å². The molecule has 0 saturated carbocycles. The van der Waals surface area contributed by atoms with Crippen LogP contribution in [-0.2, 0) is 0 Å². The van der Waals surface area contributed by atoms with Gasteiger partial charge in [-0.3, -0.25) is 4.90 Å². The van der Waals surface area contributed by atoms with Crippen LogP contribution in [0.2, 0.25) is 0 Å². The number of carboxylic acid groups (broad SMARTS) is 1. The van der Waals surface area contributed by atoms with Crippen molar-refractivity contribution in [1.29, 1.82) is 0 Å². The van der Waals surface area contributed by atoms with Gasteiger partial charge < -0.3 is 5.11 Å². The SMILES string of the molecule is CN(C(=O)O)c1nc2c(Br)ccc(F)c2s1. The second kappa shape index (κ2) is 3.99. The fourth-order valence-corrected chi connectivity index (χ4v) is 2.66. The van der Waals surface area contributed by atoms with Crippen molar-refractivity contribution in [3.8, 4) is 0 Å². The molecule has 0 aliphatic heterocycles. The first-order chi connectivity index (χ1) is 7.50. The normalized spacial score (nSPS) is 10.7. The first-order valence-electron chi connectivity index (χ1n) is 4.22. The Morgan fingerprint density at radius 3 is 2.88 bits per heavy atom. The second-order valence-corrected chi connectivity index (χ2v) is 4.88. The smallest absolute Gasteiger partial charge is 0.413 e. The summed E-state index contributed by atoms with van der Waals surface area (Å²) in [4.78, 5) is 15.8. The summed E-state index contributed by atoms with van der Waals surface area (Å²) < 4.78 is 14.4. The molecule has 1 aromatic heterocycles. The summed E-state index contributed by atoms with van der Waals surface area (Å²) in [6.07, 6.45) is -1.13. The predicted molar refractivity (Wildman–Crippen MR) is 63.7 cm³/mol. The molecule has 2 rings (SSSR count). The Balaban J connectivity index is 2.64. The van der Waals surface area contributed by atoms with Crippen LogP contribution < -0.4 is 4.90 Å². The highest BCUT2D eigenvalue weighted by Crippen LogP contribution is 2.34. The van der Waals surface area contributed by atoms with Crippen molar-refractivity contribution in [1.82, 2.24) is 4.98 Å². The molecular weight excluding hydrogens is 299 g/mol. The Kier molecular flexibility index (Phi) is 2.81. The minimum atomic E-state index is -1.13. The molecule has 7 heteroatoms. The number of nitrogens with zero attached hydrogens (tertiary/aromatic N) is 2. The lowest BCUT2D eigenvalue weighted by molar-refractivity contribution is 0.203. The molecule has 84 valence electrons. The van der Waals surface area contributed by atoms with Crippen LogP contribution in [0.25, 0.3) is 10.2 Å². The average molecular weight is 305 g/mol. The van der Waals surface area contributed by atoms with E-state index in [0.29, 0.717) is 14.7 Å². The van der Waals surface area contributed by atoms with E-state index in [-0.39, 0.29) is 5.13 Å². The van der Waals surface area contributed by atoms with E-state index in [4.69, 9.17) is 5.11 Å². The van der Waals surface area contributed by atoms with Crippen LogP contribution in [0.3, 0.4) is 0 Å². The quantitative estimate of drug-likeness (QED) is 0.879. The highest BCUT2D eigenvalue weighted by Gasteiger charge is 2.17. The lowest BCUT2D eigenvalue weighted by Gasteiger charge is -2.06. The lowest BCUT2D eigenvalue weighted by Crippen LogP contribution is -2.23. The molecule has 0 bridgehead atoms. The van der Waals surface area contributed by atoms with Crippen molar-refractivity contribution in [3.63, 3.8) is 0 Å². The maximum atomic E-state index is 13.4. The van der Waals surface area contributed by atoms with E-state index in [0.717, 1.165) is 16.2 Å². The minimum absolute atomic E-state index is 0.244. The number of benzene rings is 1. The van der Waals surface area contributed by atoms with Crippen molar-refractivity contribution in [2.24, 2.45) is 0 Å². The van der Waals surface area contributed by atoms with Crippen LogP contribution in [0, 0.1) is 5.82 Å². The third-order valence-electron chi connectivity index (χ3n) is 2.01. The Morgan fingerprint density at radius 1 is 1.62 bits per heavy atom. The largest absolute Gasteiger partial charge is 0.465 e. The molecule has 0 aliphatic carbocycles. The number of anilines is 1. The molecule has 0 spiro atoms. The number of fused-ring (bicyclic) bond motifs is 1. The third-order valence-corrected chi connectivity index (χ3v) is 3.79. The van der Waals surface area contributed by atoms with Gasteiger partial charge >= 0.3 is 6.09 Å². The van der Waals surface area contributed by atoms with E-state index in [2.05, 4.69) is 20.9 Å². The maximum Gasteiger partial charge on any atom is 0.413 e. The van der Waals surface area contributed by atoms with Gasteiger partial charge in [0.1, 0.15) is 11.3 Å². The molecule has 0 radical (unpaired) electrons. The highest BCUT2D eigenvalue weighted by atomic mass is 79.9. The molecule has 0 fully saturated rings. The van der Waals surface area contributed by atoms with Crippen molar-refractivity contribution in [2.75, 3.05) is 11.9 Å². The predicted octanol–water partition coefficient (Wildman–Crippen LogP) is 3.31. The molecule has 0 aliphatic rings. The number of amides is 1. The first-order valence-corrected chi connectivity index (χ1v) is 5.83. The standard InChI is InChI=1S/C9H6BrFN2O2S/c1-13(9(14)15)8-12-6-4(10)2-3-5(11)7(6)16-8/h2-3H,1H3,(H,14,15). The summed E-state index contributed by atoms with van der Waals surface area (Å²) in [6.45, 7) is 0. The monoisotopic (exact) mass is 304 g/mol. The fraction of sp³-hybridized carbons (Fsp3) is 0.111. The van der Waals surface area contributed by atoms with Gasteiger partial charge in [0, 0.05) is 11.5 Å². The Bertz CT molecular complexity index is 533. The van der Waals surface area contributed by atoms with Crippen LogP contribution in [0.4, 0.5) is 14.3 Å². The van der Waals surface area contributed by atoms with Crippen LogP contribution in [0.5, 0.6) is 0 Å². The second-order valence-electron chi connectivity index (χ2n) is 3.04. The summed E-state index contributed by atoms with van der Waals surface area (Å²) in [5, 5.41) is 9.03. The molecule has 1 amide bonds. The van der Waals surface area contributed by atoms with Gasteiger partial charge in [0.25, 0.3) is 0 Å². The van der Waals surface area contributed by atoms with Crippen LogP contribution in [0.1, 0.15) is 0 Å². The topological polar surface area (TPSA) is 53.4 Å². The number of rotatable bonds is 1. The number of halogens is 2. The first kappa shape index (κ1) is 11.3. The Labute approximate surface area is 102 Å². The highest BCUT2D eigenvalue weighted by molar-refractivity contribution is 9.10. The van der Waals surface area contributed by atoms with E-state index in [1.807, 2.05) is 0 Å². The Morgan fingerprint density at radius 2 is 2.31 bits per heavy atom. The van der Waals surface area contributed by atoms with Gasteiger partial charge in [-0.25, -0.2) is 14.2 Å². The van der Waals surface area contributed by atoms with E-state index < -0.39 is 11.9 Å². The van der Waals surface area contributed by atoms with Gasteiger partial charge in [0.05, 0.1) is 4.70 Å². The molecule has 2 aromatic rings. The zero-order valence-corrected chi connectivity index (χ0v) is 10.5. The number of hydrogen-bond acceptors (Lipinski definition) is 3. The summed E-state index contributed by atoms with van der Waals surface area (Å²) in [5.41, 5.74) is 0.438. The molecule has 4 nitrogen and oxygen atoms in total. The van der Waals surface area contributed by atoms with E-state index >= 15 is 0 Å². The summed E-state index contributed by atoms with van der Waals surface area (Å²) >= 11 is 4.25. The number of aromatic nitrogens is 1. The van der Waals surface area contributed by atoms with E-state index in [1.54, 1.807) is 6.07 Å². The molecule has 0 unspecified atom stereocenters. The number of hydrogen-bond donors (Lipinski definition) is 1. The van der Waals surface area contributed by atoms with Crippen molar-refractivity contribution in [2.45, 2.75) is 0 Å². The van der Waals surface area contributed by atoms with Gasteiger partial charge in [-0.15, -0.1) is 0 Å². The van der Waals surface area contributed by atoms with Gasteiger partial charge in [0.2, 0.25) is 0 Å². The van der Waals surface area contributed by atoms with E-state index in [1.165, 1.54) is 13.1 Å². The molecule has 16 heavy (non-hydrogen) atoms. The van der Waals surface area contributed by atoms with Crippen molar-refractivity contribution < 1.29 is 14.3 Å². The zero-order valence-electron chi connectivity index (χ0n) is 8.07. The summed E-state index contributed by atoms with van der Waals surface area (Å²) in [6, 6.07) is 2.86. The molecule has 0 atom stereocenters. The summed E-state index contributed by atoms with van der Waals surface area (Å²) in [7, 11) is 1.37. The fourth-order valence-electron chi connectivity index (χ4n) is 1.16. The minimum Gasteiger partial charge on any atom is -0.465 e. The van der Waals surface area contributed by atoms with Crippen molar-refractivity contribution >= 4 is 48.7 Å². The lowest BCUT2D eigenvalue weighted by atomic mass is 10.3. The van der Waals surface area contributed by atoms with Gasteiger partial charge in [-0.2, -0.15) is 0 Å². The average Bonchev–Trinajstić information content (AvgIpc) is 2.68. The summed E-state index contributed by atoms with van der Waals surface area (Å²) in [5.74, 6) is -0.402. The molecule has 1 aromatic carbocycles. The van der Waals surface area contributed by atoms with Crippen LogP contribution in [0.15, 0.2) is 16.6 Å². The Hall–Kier alpha value is -1.21. The number of carbonyl (C=O) groups is 1. The maximum absolute atomic E-state index is 13.4.